The van der Waals surface area contributed by atoms with E-state index in [-0.39, 0.29) is 0 Å². The first kappa shape index (κ1) is 8.63. The molecular weight excluding hydrogens is 162 g/mol. The number of piperidine rings is 1. The van der Waals surface area contributed by atoms with Gasteiger partial charge >= 0.3 is 0 Å². The maximum Gasteiger partial charge on any atom is 0.0802 e. The van der Waals surface area contributed by atoms with Gasteiger partial charge in [-0.3, -0.25) is 4.90 Å². The maximum atomic E-state index is 4.16. The zero-order valence-corrected chi connectivity index (χ0v) is 7.98. The highest BCUT2D eigenvalue weighted by molar-refractivity contribution is 5.06. The van der Waals surface area contributed by atoms with Gasteiger partial charge in [0.05, 0.1) is 11.7 Å². The van der Waals surface area contributed by atoms with Gasteiger partial charge in [0, 0.05) is 6.20 Å². The molecule has 0 amide bonds. The van der Waals surface area contributed by atoms with Crippen molar-refractivity contribution in [3.63, 3.8) is 0 Å². The Labute approximate surface area is 78.8 Å². The Balaban J connectivity index is 2.15. The topological polar surface area (TPSA) is 29.0 Å². The van der Waals surface area contributed by atoms with E-state index in [1.54, 1.807) is 6.20 Å². The van der Waals surface area contributed by atoms with Crippen LogP contribution in [-0.4, -0.2) is 28.7 Å². The Bertz CT molecular complexity index is 260. The van der Waals surface area contributed by atoms with E-state index in [0.717, 1.165) is 5.69 Å². The molecule has 0 radical (unpaired) electrons. The predicted octanol–water partition coefficient (Wildman–Crippen LogP) is 1.63. The first-order valence-corrected chi connectivity index (χ1v) is 4.86. The molecule has 1 aromatic heterocycles. The van der Waals surface area contributed by atoms with E-state index in [2.05, 4.69) is 28.2 Å². The summed E-state index contributed by atoms with van der Waals surface area (Å²) in [6, 6.07) is 4.52. The molecule has 1 saturated heterocycles. The molecule has 1 aliphatic rings. The van der Waals surface area contributed by atoms with Crippen molar-refractivity contribution in [2.75, 3.05) is 13.6 Å². The lowest BCUT2D eigenvalue weighted by Crippen LogP contribution is -2.30. The first-order valence-electron chi connectivity index (χ1n) is 4.86. The summed E-state index contributed by atoms with van der Waals surface area (Å²) in [7, 11) is 2.17. The van der Waals surface area contributed by atoms with Gasteiger partial charge in [-0.1, -0.05) is 6.42 Å². The Morgan fingerprint density at radius 2 is 2.38 bits per heavy atom. The average Bonchev–Trinajstić information content (AvgIpc) is 2.20. The molecule has 13 heavy (non-hydrogen) atoms. The fourth-order valence-electron chi connectivity index (χ4n) is 1.94. The Morgan fingerprint density at radius 1 is 1.46 bits per heavy atom. The Morgan fingerprint density at radius 3 is 3.08 bits per heavy atom. The third-order valence-electron chi connectivity index (χ3n) is 2.70. The molecule has 1 aliphatic heterocycles. The smallest absolute Gasteiger partial charge is 0.0802 e. The number of likely N-dealkylation sites (tertiary alicyclic amines) is 1. The minimum atomic E-state index is 0.488. The van der Waals surface area contributed by atoms with Crippen LogP contribution in [0.2, 0.25) is 0 Å². The van der Waals surface area contributed by atoms with Gasteiger partial charge in [-0.15, -0.1) is 0 Å². The van der Waals surface area contributed by atoms with Crippen LogP contribution < -0.4 is 0 Å². The van der Waals surface area contributed by atoms with Crippen LogP contribution in [0.1, 0.15) is 31.0 Å². The van der Waals surface area contributed by atoms with Crippen LogP contribution in [0.25, 0.3) is 0 Å². The van der Waals surface area contributed by atoms with E-state index >= 15 is 0 Å². The van der Waals surface area contributed by atoms with Gasteiger partial charge in [0.1, 0.15) is 0 Å². The van der Waals surface area contributed by atoms with Crippen LogP contribution in [0.4, 0.5) is 0 Å². The number of rotatable bonds is 1. The van der Waals surface area contributed by atoms with Crippen molar-refractivity contribution in [2.24, 2.45) is 0 Å². The minimum absolute atomic E-state index is 0.488. The van der Waals surface area contributed by atoms with E-state index in [0.29, 0.717) is 6.04 Å². The minimum Gasteiger partial charge on any atom is -0.298 e. The van der Waals surface area contributed by atoms with Crippen molar-refractivity contribution < 1.29 is 0 Å². The zero-order valence-electron chi connectivity index (χ0n) is 7.98. The molecule has 1 unspecified atom stereocenters. The van der Waals surface area contributed by atoms with Crippen molar-refractivity contribution in [2.45, 2.75) is 25.3 Å². The highest BCUT2D eigenvalue weighted by Gasteiger charge is 2.21. The van der Waals surface area contributed by atoms with Gasteiger partial charge in [-0.25, -0.2) is 0 Å². The van der Waals surface area contributed by atoms with Crippen molar-refractivity contribution >= 4 is 0 Å². The lowest BCUT2D eigenvalue weighted by atomic mass is 10.00. The van der Waals surface area contributed by atoms with E-state index in [4.69, 9.17) is 0 Å². The molecule has 1 aromatic rings. The molecular formula is C10H15N3. The molecule has 0 N–H and O–H groups in total. The zero-order chi connectivity index (χ0) is 9.10. The number of hydrogen-bond donors (Lipinski definition) is 0. The SMILES string of the molecule is CN1CCCCC1c1cccnn1. The second kappa shape index (κ2) is 3.83. The third-order valence-corrected chi connectivity index (χ3v) is 2.70. The fourth-order valence-corrected chi connectivity index (χ4v) is 1.94. The summed E-state index contributed by atoms with van der Waals surface area (Å²) in [5, 5.41) is 8.08. The van der Waals surface area contributed by atoms with Gasteiger partial charge in [0.2, 0.25) is 0 Å². The van der Waals surface area contributed by atoms with E-state index < -0.39 is 0 Å². The maximum absolute atomic E-state index is 4.16. The lowest BCUT2D eigenvalue weighted by Gasteiger charge is -2.31. The summed E-state index contributed by atoms with van der Waals surface area (Å²) in [4.78, 5) is 2.37. The molecule has 2 rings (SSSR count). The monoisotopic (exact) mass is 177 g/mol. The van der Waals surface area contributed by atoms with Crippen LogP contribution in [0.15, 0.2) is 18.3 Å². The molecule has 1 atom stereocenters. The number of hydrogen-bond acceptors (Lipinski definition) is 3. The van der Waals surface area contributed by atoms with Crippen molar-refractivity contribution in [1.82, 2.24) is 15.1 Å². The summed E-state index contributed by atoms with van der Waals surface area (Å²) in [5.41, 5.74) is 1.12. The highest BCUT2D eigenvalue weighted by atomic mass is 15.2. The molecule has 3 heteroatoms. The van der Waals surface area contributed by atoms with Crippen LogP contribution >= 0.6 is 0 Å². The standard InChI is InChI=1S/C10H15N3/c1-13-8-3-2-6-10(13)9-5-4-7-11-12-9/h4-5,7,10H,2-3,6,8H2,1H3. The van der Waals surface area contributed by atoms with Gasteiger partial charge in [-0.2, -0.15) is 10.2 Å². The second-order valence-corrected chi connectivity index (χ2v) is 3.64. The molecule has 70 valence electrons. The lowest BCUT2D eigenvalue weighted by molar-refractivity contribution is 0.182. The summed E-state index contributed by atoms with van der Waals surface area (Å²) >= 11 is 0. The molecule has 0 saturated carbocycles. The van der Waals surface area contributed by atoms with Crippen LogP contribution in [0, 0.1) is 0 Å². The molecule has 1 fully saturated rings. The Kier molecular flexibility index (Phi) is 2.54. The van der Waals surface area contributed by atoms with E-state index in [9.17, 15) is 0 Å². The molecule has 0 aromatic carbocycles. The summed E-state index contributed by atoms with van der Waals surface area (Å²) in [5.74, 6) is 0. The highest BCUT2D eigenvalue weighted by Crippen LogP contribution is 2.27. The Hall–Kier alpha value is -0.960. The fraction of sp³-hybridized carbons (Fsp3) is 0.600. The normalized spacial score (nSPS) is 24.5. The summed E-state index contributed by atoms with van der Waals surface area (Å²) in [6.07, 6.45) is 5.57. The van der Waals surface area contributed by atoms with Gasteiger partial charge in [0.15, 0.2) is 0 Å². The second-order valence-electron chi connectivity index (χ2n) is 3.64. The largest absolute Gasteiger partial charge is 0.298 e. The molecule has 0 aliphatic carbocycles. The van der Waals surface area contributed by atoms with E-state index in [1.807, 2.05) is 6.07 Å². The quantitative estimate of drug-likeness (QED) is 0.653. The molecule has 0 spiro atoms. The van der Waals surface area contributed by atoms with Crippen LogP contribution in [-0.2, 0) is 0 Å². The summed E-state index contributed by atoms with van der Waals surface area (Å²) < 4.78 is 0. The van der Waals surface area contributed by atoms with Gasteiger partial charge < -0.3 is 0 Å². The van der Waals surface area contributed by atoms with Crippen molar-refractivity contribution in [1.29, 1.82) is 0 Å². The first-order chi connectivity index (χ1) is 6.38. The van der Waals surface area contributed by atoms with Crippen molar-refractivity contribution in [3.8, 4) is 0 Å². The van der Waals surface area contributed by atoms with Gasteiger partial charge in [0.25, 0.3) is 0 Å². The molecule has 0 bridgehead atoms. The predicted molar refractivity (Wildman–Crippen MR) is 51.3 cm³/mol. The summed E-state index contributed by atoms with van der Waals surface area (Å²) in [6.45, 7) is 1.18. The number of nitrogens with zero attached hydrogens (tertiary/aromatic N) is 3. The number of aromatic nitrogens is 2. The van der Waals surface area contributed by atoms with Crippen molar-refractivity contribution in [3.05, 3.63) is 24.0 Å². The van der Waals surface area contributed by atoms with Gasteiger partial charge in [-0.05, 0) is 38.6 Å². The van der Waals surface area contributed by atoms with E-state index in [1.165, 1.54) is 25.8 Å². The molecule has 2 heterocycles. The average molecular weight is 177 g/mol. The molecule has 3 nitrogen and oxygen atoms in total. The third kappa shape index (κ3) is 1.86. The van der Waals surface area contributed by atoms with Crippen LogP contribution in [0.5, 0.6) is 0 Å². The van der Waals surface area contributed by atoms with Crippen LogP contribution in [0.3, 0.4) is 0 Å².